The number of esters is 1. The molecular formula is C28H30N2O4. The van der Waals surface area contributed by atoms with Gasteiger partial charge in [-0.05, 0) is 49.3 Å². The molecule has 1 atom stereocenters. The molecule has 1 saturated carbocycles. The molecule has 0 aromatic heterocycles. The summed E-state index contributed by atoms with van der Waals surface area (Å²) in [6.07, 6.45) is 4.28. The number of nitrogens with one attached hydrogen (secondary N) is 1. The highest BCUT2D eigenvalue weighted by atomic mass is 16.6. The van der Waals surface area contributed by atoms with Crippen LogP contribution < -0.4 is 5.32 Å². The summed E-state index contributed by atoms with van der Waals surface area (Å²) >= 11 is 0. The van der Waals surface area contributed by atoms with Crippen molar-refractivity contribution in [2.24, 2.45) is 0 Å². The quantitative estimate of drug-likeness (QED) is 0.559. The standard InChI is InChI=1S/C28H30N2O4/c1-18(31)30-15-9-20(10-16-30)19-5-7-21(8-6-19)27(11-12-27)25(32)22-3-2-4-23-24(22)26(33)34-28(23)13-14-29-17-28/h2-8,20,29H,9-17H2,1H3. The molecule has 1 N–H and O–H groups in total. The van der Waals surface area contributed by atoms with E-state index >= 15 is 0 Å². The first-order valence-electron chi connectivity index (χ1n) is 12.4. The van der Waals surface area contributed by atoms with Crippen molar-refractivity contribution in [1.82, 2.24) is 10.2 Å². The third-order valence-electron chi connectivity index (χ3n) is 8.47. The largest absolute Gasteiger partial charge is 0.449 e. The Morgan fingerprint density at radius 3 is 2.38 bits per heavy atom. The lowest BCUT2D eigenvalue weighted by molar-refractivity contribution is -0.129. The lowest BCUT2D eigenvalue weighted by Crippen LogP contribution is -2.36. The molecule has 1 unspecified atom stereocenters. The maximum atomic E-state index is 13.9. The molecule has 4 aliphatic rings. The maximum absolute atomic E-state index is 13.9. The molecule has 2 saturated heterocycles. The van der Waals surface area contributed by atoms with E-state index in [1.54, 1.807) is 13.0 Å². The van der Waals surface area contributed by atoms with Gasteiger partial charge >= 0.3 is 5.97 Å². The van der Waals surface area contributed by atoms with Gasteiger partial charge in [0.15, 0.2) is 11.4 Å². The van der Waals surface area contributed by atoms with Crippen molar-refractivity contribution >= 4 is 17.7 Å². The summed E-state index contributed by atoms with van der Waals surface area (Å²) in [5.74, 6) is 0.255. The highest BCUT2D eigenvalue weighted by molar-refractivity contribution is 6.14. The normalized spacial score (nSPS) is 25.3. The molecule has 1 amide bonds. The minimum absolute atomic E-state index is 0.0341. The molecule has 3 aliphatic heterocycles. The number of ether oxygens (including phenoxy) is 1. The van der Waals surface area contributed by atoms with Crippen molar-refractivity contribution in [3.8, 4) is 0 Å². The molecule has 6 nitrogen and oxygen atoms in total. The molecule has 1 aliphatic carbocycles. The summed E-state index contributed by atoms with van der Waals surface area (Å²) in [5, 5.41) is 3.29. The van der Waals surface area contributed by atoms with Crippen LogP contribution in [0.15, 0.2) is 42.5 Å². The molecule has 6 heteroatoms. The summed E-state index contributed by atoms with van der Waals surface area (Å²) in [4.78, 5) is 40.3. The average Bonchev–Trinajstić information content (AvgIpc) is 3.46. The number of Topliss-reactive ketones (excluding diaryl/α,β-unsaturated/α-hetero) is 1. The van der Waals surface area contributed by atoms with Crippen molar-refractivity contribution in [1.29, 1.82) is 0 Å². The second kappa shape index (κ2) is 7.77. The van der Waals surface area contributed by atoms with Crippen LogP contribution in [0.2, 0.25) is 0 Å². The molecule has 0 bridgehead atoms. The average molecular weight is 459 g/mol. The number of carbonyl (C=O) groups is 3. The van der Waals surface area contributed by atoms with Gasteiger partial charge < -0.3 is 15.0 Å². The van der Waals surface area contributed by atoms with Crippen LogP contribution in [-0.4, -0.2) is 48.7 Å². The van der Waals surface area contributed by atoms with E-state index in [9.17, 15) is 14.4 Å². The molecule has 0 radical (unpaired) electrons. The maximum Gasteiger partial charge on any atom is 0.340 e. The number of ketones is 1. The minimum atomic E-state index is -0.626. The van der Waals surface area contributed by atoms with Crippen molar-refractivity contribution in [2.45, 2.75) is 56.0 Å². The highest BCUT2D eigenvalue weighted by Gasteiger charge is 2.54. The Balaban J connectivity index is 1.26. The number of nitrogens with zero attached hydrogens (tertiary/aromatic N) is 1. The van der Waals surface area contributed by atoms with Gasteiger partial charge in [0.25, 0.3) is 0 Å². The van der Waals surface area contributed by atoms with E-state index in [0.29, 0.717) is 23.6 Å². The first-order valence-corrected chi connectivity index (χ1v) is 12.4. The van der Waals surface area contributed by atoms with E-state index in [1.807, 2.05) is 17.0 Å². The van der Waals surface area contributed by atoms with Crippen molar-refractivity contribution in [2.75, 3.05) is 26.2 Å². The van der Waals surface area contributed by atoms with Gasteiger partial charge in [0.2, 0.25) is 5.91 Å². The van der Waals surface area contributed by atoms with E-state index in [1.165, 1.54) is 5.56 Å². The van der Waals surface area contributed by atoms with Crippen LogP contribution in [0.1, 0.15) is 82.4 Å². The molecule has 3 heterocycles. The fourth-order valence-electron chi connectivity index (χ4n) is 6.24. The number of piperidine rings is 1. The van der Waals surface area contributed by atoms with Crippen molar-refractivity contribution in [3.63, 3.8) is 0 Å². The summed E-state index contributed by atoms with van der Waals surface area (Å²) in [5.41, 5.74) is 2.96. The van der Waals surface area contributed by atoms with Gasteiger partial charge in [0.1, 0.15) is 0 Å². The van der Waals surface area contributed by atoms with Crippen LogP contribution in [0.4, 0.5) is 0 Å². The third-order valence-corrected chi connectivity index (χ3v) is 8.47. The van der Waals surface area contributed by atoms with E-state index in [2.05, 4.69) is 29.6 Å². The Hall–Kier alpha value is -2.99. The fourth-order valence-corrected chi connectivity index (χ4v) is 6.24. The number of fused-ring (bicyclic) bond motifs is 2. The smallest absolute Gasteiger partial charge is 0.340 e. The fraction of sp³-hybridized carbons (Fsp3) is 0.464. The zero-order valence-corrected chi connectivity index (χ0v) is 19.6. The lowest BCUT2D eigenvalue weighted by atomic mass is 9.81. The van der Waals surface area contributed by atoms with Crippen molar-refractivity contribution < 1.29 is 19.1 Å². The van der Waals surface area contributed by atoms with Crippen LogP contribution in [0.3, 0.4) is 0 Å². The summed E-state index contributed by atoms with van der Waals surface area (Å²) in [6.45, 7) is 4.64. The third kappa shape index (κ3) is 3.22. The second-order valence-corrected chi connectivity index (χ2v) is 10.4. The molecule has 3 fully saturated rings. The monoisotopic (exact) mass is 458 g/mol. The van der Waals surface area contributed by atoms with Gasteiger partial charge in [-0.3, -0.25) is 9.59 Å². The predicted molar refractivity (Wildman–Crippen MR) is 127 cm³/mol. The van der Waals surface area contributed by atoms with Gasteiger partial charge in [0, 0.05) is 44.1 Å². The molecular weight excluding hydrogens is 428 g/mol. The Morgan fingerprint density at radius 1 is 1.03 bits per heavy atom. The summed E-state index contributed by atoms with van der Waals surface area (Å²) in [6, 6.07) is 14.1. The second-order valence-electron chi connectivity index (χ2n) is 10.4. The Labute approximate surface area is 199 Å². The van der Waals surface area contributed by atoms with Gasteiger partial charge in [0.05, 0.1) is 11.0 Å². The van der Waals surface area contributed by atoms with Gasteiger partial charge in [-0.25, -0.2) is 4.79 Å². The zero-order chi connectivity index (χ0) is 23.5. The van der Waals surface area contributed by atoms with Gasteiger partial charge in [-0.15, -0.1) is 0 Å². The van der Waals surface area contributed by atoms with Crippen LogP contribution >= 0.6 is 0 Å². The van der Waals surface area contributed by atoms with Crippen LogP contribution in [-0.2, 0) is 20.5 Å². The van der Waals surface area contributed by atoms with Crippen LogP contribution in [0.25, 0.3) is 0 Å². The Morgan fingerprint density at radius 2 is 1.76 bits per heavy atom. The van der Waals surface area contributed by atoms with E-state index in [-0.39, 0.29) is 17.7 Å². The number of benzene rings is 2. The van der Waals surface area contributed by atoms with Gasteiger partial charge in [-0.1, -0.05) is 42.5 Å². The van der Waals surface area contributed by atoms with Gasteiger partial charge in [-0.2, -0.15) is 0 Å². The first-order chi connectivity index (χ1) is 16.4. The van der Waals surface area contributed by atoms with E-state index in [4.69, 9.17) is 4.74 Å². The SMILES string of the molecule is CC(=O)N1CCC(c2ccc(C3(C(=O)c4cccc5c4C(=O)OC54CCNC4)CC3)cc2)CC1. The first kappa shape index (κ1) is 21.5. The Bertz CT molecular complexity index is 1170. The Kier molecular flexibility index (Phi) is 4.92. The van der Waals surface area contributed by atoms with E-state index in [0.717, 1.165) is 62.9 Å². The molecule has 34 heavy (non-hydrogen) atoms. The van der Waals surface area contributed by atoms with E-state index < -0.39 is 11.0 Å². The van der Waals surface area contributed by atoms with Crippen LogP contribution in [0, 0.1) is 0 Å². The number of hydrogen-bond acceptors (Lipinski definition) is 5. The molecule has 1 spiro atoms. The number of hydrogen-bond donors (Lipinski definition) is 1. The molecule has 176 valence electrons. The predicted octanol–water partition coefficient (Wildman–Crippen LogP) is 3.69. The number of rotatable bonds is 4. The minimum Gasteiger partial charge on any atom is -0.449 e. The number of amides is 1. The summed E-state index contributed by atoms with van der Waals surface area (Å²) < 4.78 is 5.84. The number of carbonyl (C=O) groups excluding carboxylic acids is 3. The van der Waals surface area contributed by atoms with Crippen molar-refractivity contribution in [3.05, 3.63) is 70.3 Å². The molecule has 6 rings (SSSR count). The summed E-state index contributed by atoms with van der Waals surface area (Å²) in [7, 11) is 0. The topological polar surface area (TPSA) is 75.7 Å². The molecule has 2 aromatic rings. The lowest BCUT2D eigenvalue weighted by Gasteiger charge is -2.31. The highest BCUT2D eigenvalue weighted by Crippen LogP contribution is 2.52. The zero-order valence-electron chi connectivity index (χ0n) is 19.6. The molecule has 2 aromatic carbocycles. The number of likely N-dealkylation sites (tertiary alicyclic amines) is 1. The van der Waals surface area contributed by atoms with Crippen LogP contribution in [0.5, 0.6) is 0 Å².